The third kappa shape index (κ3) is 5.08. The molecular formula is C30H34N10O3. The molecule has 6 rings (SSSR count). The minimum Gasteiger partial charge on any atom is -0.462 e. The van der Waals surface area contributed by atoms with Crippen LogP contribution in [-0.2, 0) is 4.79 Å². The minimum absolute atomic E-state index is 0.0942. The zero-order chi connectivity index (χ0) is 30.2. The topological polar surface area (TPSA) is 149 Å². The number of benzene rings is 1. The van der Waals surface area contributed by atoms with Crippen LogP contribution in [0.2, 0.25) is 0 Å². The van der Waals surface area contributed by atoms with Crippen molar-refractivity contribution in [2.24, 2.45) is 0 Å². The normalized spacial score (nSPS) is 19.2. The molecule has 1 amide bonds. The summed E-state index contributed by atoms with van der Waals surface area (Å²) in [6.07, 6.45) is 5.21. The lowest BCUT2D eigenvalue weighted by Crippen LogP contribution is -2.55. The van der Waals surface area contributed by atoms with Gasteiger partial charge in [0, 0.05) is 31.1 Å². The van der Waals surface area contributed by atoms with Crippen molar-refractivity contribution in [1.82, 2.24) is 39.5 Å². The molecule has 1 aromatic carbocycles. The summed E-state index contributed by atoms with van der Waals surface area (Å²) in [7, 11) is 2.07. The van der Waals surface area contributed by atoms with E-state index in [2.05, 4.69) is 39.8 Å². The van der Waals surface area contributed by atoms with Gasteiger partial charge >= 0.3 is 6.01 Å². The second-order valence-corrected chi connectivity index (χ2v) is 11.2. The van der Waals surface area contributed by atoms with Crippen molar-refractivity contribution in [2.75, 3.05) is 44.7 Å². The van der Waals surface area contributed by atoms with E-state index in [1.165, 1.54) is 6.08 Å². The second kappa shape index (κ2) is 11.4. The van der Waals surface area contributed by atoms with Gasteiger partial charge in [-0.05, 0) is 58.0 Å². The highest BCUT2D eigenvalue weighted by Gasteiger charge is 2.32. The van der Waals surface area contributed by atoms with E-state index in [4.69, 9.17) is 14.7 Å². The maximum atomic E-state index is 14.3. The molecule has 0 spiro atoms. The molecule has 13 heteroatoms. The van der Waals surface area contributed by atoms with E-state index in [0.717, 1.165) is 35.9 Å². The summed E-state index contributed by atoms with van der Waals surface area (Å²) in [6.45, 7) is 9.85. The molecule has 2 saturated heterocycles. The molecule has 5 heterocycles. The number of aromatic amines is 1. The monoisotopic (exact) mass is 582 g/mol. The SMILES string of the molecule is C=CC(=O)N1CCN(c2nc(OCC3CCCN3C)nc3c(=O)n(-c4c(C)ccc5[nH]ncc45)c(C)nc23)CC1CC#N. The van der Waals surface area contributed by atoms with E-state index in [0.29, 0.717) is 49.1 Å². The van der Waals surface area contributed by atoms with Crippen LogP contribution in [0.15, 0.2) is 35.8 Å². The zero-order valence-electron chi connectivity index (χ0n) is 24.6. The van der Waals surface area contributed by atoms with Crippen molar-refractivity contribution in [1.29, 1.82) is 5.26 Å². The number of likely N-dealkylation sites (N-methyl/N-ethyl adjacent to an activating group) is 1. The summed E-state index contributed by atoms with van der Waals surface area (Å²) in [4.78, 5) is 47.0. The quantitative estimate of drug-likeness (QED) is 0.322. The van der Waals surface area contributed by atoms with Crippen LogP contribution in [0, 0.1) is 25.2 Å². The number of nitriles is 1. The van der Waals surface area contributed by atoms with E-state index >= 15 is 0 Å². The molecule has 0 radical (unpaired) electrons. The number of aryl methyl sites for hydroxylation is 2. The van der Waals surface area contributed by atoms with E-state index in [1.807, 2.05) is 24.0 Å². The molecular weight excluding hydrogens is 548 g/mol. The van der Waals surface area contributed by atoms with Gasteiger partial charge in [0.15, 0.2) is 11.3 Å². The molecule has 2 unspecified atom stereocenters. The van der Waals surface area contributed by atoms with Gasteiger partial charge in [0.25, 0.3) is 5.56 Å². The Labute approximate surface area is 248 Å². The molecule has 4 aromatic rings. The Morgan fingerprint density at radius 2 is 2.02 bits per heavy atom. The fraction of sp³-hybridized carbons (Fsp3) is 0.433. The predicted molar refractivity (Wildman–Crippen MR) is 161 cm³/mol. The predicted octanol–water partition coefficient (Wildman–Crippen LogP) is 2.26. The summed E-state index contributed by atoms with van der Waals surface area (Å²) in [6, 6.07) is 5.99. The largest absolute Gasteiger partial charge is 0.462 e. The van der Waals surface area contributed by atoms with Crippen LogP contribution in [0.4, 0.5) is 5.82 Å². The van der Waals surface area contributed by atoms with E-state index in [-0.39, 0.29) is 41.5 Å². The van der Waals surface area contributed by atoms with Gasteiger partial charge in [0.1, 0.15) is 17.9 Å². The lowest BCUT2D eigenvalue weighted by molar-refractivity contribution is -0.128. The van der Waals surface area contributed by atoms with Crippen LogP contribution in [0.5, 0.6) is 6.01 Å². The van der Waals surface area contributed by atoms with Crippen LogP contribution in [-0.4, -0.2) is 97.3 Å². The number of H-pyrrole nitrogens is 1. The van der Waals surface area contributed by atoms with E-state index in [1.54, 1.807) is 22.6 Å². The Kier molecular flexibility index (Phi) is 7.53. The van der Waals surface area contributed by atoms with Gasteiger partial charge in [-0.3, -0.25) is 19.3 Å². The van der Waals surface area contributed by atoms with Crippen LogP contribution in [0.1, 0.15) is 30.7 Å². The number of fused-ring (bicyclic) bond motifs is 2. The summed E-state index contributed by atoms with van der Waals surface area (Å²) in [5, 5.41) is 17.5. The average Bonchev–Trinajstić information content (AvgIpc) is 3.65. The number of carbonyl (C=O) groups excluding carboxylic acids is 1. The van der Waals surface area contributed by atoms with Crippen LogP contribution in [0.3, 0.4) is 0 Å². The van der Waals surface area contributed by atoms with Crippen molar-refractivity contribution in [3.63, 3.8) is 0 Å². The highest BCUT2D eigenvalue weighted by atomic mass is 16.5. The molecule has 2 fully saturated rings. The van der Waals surface area contributed by atoms with E-state index in [9.17, 15) is 14.9 Å². The number of hydrogen-bond acceptors (Lipinski definition) is 10. The Morgan fingerprint density at radius 1 is 1.19 bits per heavy atom. The molecule has 222 valence electrons. The lowest BCUT2D eigenvalue weighted by atomic mass is 10.1. The third-order valence-electron chi connectivity index (χ3n) is 8.51. The number of rotatable bonds is 7. The van der Waals surface area contributed by atoms with Crippen LogP contribution in [0.25, 0.3) is 27.6 Å². The molecule has 13 nitrogen and oxygen atoms in total. The first-order valence-electron chi connectivity index (χ1n) is 14.4. The number of carbonyl (C=O) groups is 1. The Hall–Kier alpha value is -4.83. The van der Waals surface area contributed by atoms with Crippen molar-refractivity contribution < 1.29 is 9.53 Å². The summed E-state index contributed by atoms with van der Waals surface area (Å²) in [5.41, 5.74) is 2.50. The van der Waals surface area contributed by atoms with Crippen molar-refractivity contribution in [3.05, 3.63) is 52.7 Å². The molecule has 2 atom stereocenters. The number of nitrogens with one attached hydrogen (secondary N) is 1. The minimum atomic E-state index is -0.381. The lowest BCUT2D eigenvalue weighted by Gasteiger charge is -2.40. The summed E-state index contributed by atoms with van der Waals surface area (Å²) in [5.74, 6) is 0.686. The highest BCUT2D eigenvalue weighted by Crippen LogP contribution is 2.29. The first-order valence-corrected chi connectivity index (χ1v) is 14.4. The fourth-order valence-corrected chi connectivity index (χ4v) is 6.19. The van der Waals surface area contributed by atoms with Gasteiger partial charge in [0.05, 0.1) is 35.9 Å². The van der Waals surface area contributed by atoms with Crippen molar-refractivity contribution in [2.45, 2.75) is 45.2 Å². The zero-order valence-corrected chi connectivity index (χ0v) is 24.6. The number of ether oxygens (including phenoxy) is 1. The molecule has 1 N–H and O–H groups in total. The molecule has 0 bridgehead atoms. The van der Waals surface area contributed by atoms with Crippen molar-refractivity contribution >= 4 is 33.7 Å². The van der Waals surface area contributed by atoms with Gasteiger partial charge < -0.3 is 19.4 Å². The summed E-state index contributed by atoms with van der Waals surface area (Å²) < 4.78 is 7.72. The summed E-state index contributed by atoms with van der Waals surface area (Å²) >= 11 is 0. The van der Waals surface area contributed by atoms with Gasteiger partial charge in [-0.2, -0.15) is 20.3 Å². The number of likely N-dealkylation sites (tertiary alicyclic amines) is 1. The Bertz CT molecular complexity index is 1820. The smallest absolute Gasteiger partial charge is 0.319 e. The maximum Gasteiger partial charge on any atom is 0.319 e. The van der Waals surface area contributed by atoms with Gasteiger partial charge in [-0.15, -0.1) is 0 Å². The molecule has 43 heavy (non-hydrogen) atoms. The number of nitrogens with zero attached hydrogens (tertiary/aromatic N) is 9. The number of aromatic nitrogens is 6. The average molecular weight is 583 g/mol. The van der Waals surface area contributed by atoms with Gasteiger partial charge in [0.2, 0.25) is 5.91 Å². The van der Waals surface area contributed by atoms with E-state index < -0.39 is 0 Å². The molecule has 2 aliphatic heterocycles. The molecule has 2 aliphatic rings. The molecule has 0 saturated carbocycles. The number of piperazine rings is 1. The Balaban J connectivity index is 1.49. The molecule has 3 aromatic heterocycles. The van der Waals surface area contributed by atoms with Crippen LogP contribution >= 0.6 is 0 Å². The highest BCUT2D eigenvalue weighted by molar-refractivity contribution is 5.91. The maximum absolute atomic E-state index is 14.3. The number of anilines is 1. The standard InChI is InChI=1S/C30H34N10O3/c1-5-24(41)39-14-13-38(16-20(39)10-11-31)28-25-26(34-30(35-28)43-17-21-7-6-12-37(21)4)29(42)40(19(3)33-25)27-18(2)8-9-23-22(27)15-32-36-23/h5,8-9,15,20-21H,1,6-7,10,12-14,16-17H2,2-4H3,(H,32,36). The third-order valence-corrected chi connectivity index (χ3v) is 8.51. The van der Waals surface area contributed by atoms with Crippen LogP contribution < -0.4 is 15.2 Å². The van der Waals surface area contributed by atoms with Crippen molar-refractivity contribution in [3.8, 4) is 17.8 Å². The second-order valence-electron chi connectivity index (χ2n) is 11.2. The van der Waals surface area contributed by atoms with Gasteiger partial charge in [-0.1, -0.05) is 12.6 Å². The fourth-order valence-electron chi connectivity index (χ4n) is 6.19. The number of hydrogen-bond donors (Lipinski definition) is 1. The van der Waals surface area contributed by atoms with Gasteiger partial charge in [-0.25, -0.2) is 4.98 Å². The first-order chi connectivity index (χ1) is 20.8. The number of amides is 1. The first kappa shape index (κ1) is 28.3. The Morgan fingerprint density at radius 3 is 2.77 bits per heavy atom. The molecule has 0 aliphatic carbocycles.